The van der Waals surface area contributed by atoms with Crippen LogP contribution in [0.4, 0.5) is 0 Å². The van der Waals surface area contributed by atoms with E-state index in [1.54, 1.807) is 24.3 Å². The molecule has 4 rings (SSSR count). The van der Waals surface area contributed by atoms with Gasteiger partial charge in [0.05, 0.1) is 32.0 Å². The Morgan fingerprint density at radius 1 is 1.19 bits per heavy atom. The van der Waals surface area contributed by atoms with Gasteiger partial charge in [0, 0.05) is 19.3 Å². The maximum atomic E-state index is 12.8. The molecular weight excluding hydrogens is 346 g/mol. The molecule has 1 saturated carbocycles. The number of para-hydroxylation sites is 2. The second kappa shape index (κ2) is 8.00. The van der Waals surface area contributed by atoms with Gasteiger partial charge in [-0.2, -0.15) is 5.10 Å². The molecule has 0 bridgehead atoms. The van der Waals surface area contributed by atoms with E-state index in [0.29, 0.717) is 37.1 Å². The van der Waals surface area contributed by atoms with Crippen molar-refractivity contribution in [2.45, 2.75) is 32.0 Å². The highest BCUT2D eigenvalue weighted by Crippen LogP contribution is 2.30. The molecule has 7 nitrogen and oxygen atoms in total. The zero-order valence-electron chi connectivity index (χ0n) is 15.5. The fraction of sp³-hybridized carbons (Fsp3) is 0.500. The molecule has 27 heavy (non-hydrogen) atoms. The molecule has 1 amide bonds. The summed E-state index contributed by atoms with van der Waals surface area (Å²) < 4.78 is 19.0. The number of hydrogen-bond acceptors (Lipinski definition) is 5. The maximum absolute atomic E-state index is 12.8. The molecule has 1 atom stereocenters. The number of fused-ring (bicyclic) bond motifs is 1. The third-order valence-corrected chi connectivity index (χ3v) is 5.00. The van der Waals surface area contributed by atoms with Gasteiger partial charge in [0.25, 0.3) is 5.91 Å². The summed E-state index contributed by atoms with van der Waals surface area (Å²) in [6.45, 7) is 2.46. The number of carbonyl (C=O) groups is 1. The van der Waals surface area contributed by atoms with Crippen molar-refractivity contribution in [3.05, 3.63) is 42.2 Å². The predicted octanol–water partition coefficient (Wildman–Crippen LogP) is 2.11. The van der Waals surface area contributed by atoms with Gasteiger partial charge in [0.15, 0.2) is 18.1 Å². The summed E-state index contributed by atoms with van der Waals surface area (Å²) in [5, 5.41) is 4.37. The van der Waals surface area contributed by atoms with Gasteiger partial charge < -0.3 is 19.1 Å². The first-order valence-electron chi connectivity index (χ1n) is 9.39. The van der Waals surface area contributed by atoms with Crippen molar-refractivity contribution in [3.63, 3.8) is 0 Å². The van der Waals surface area contributed by atoms with Crippen LogP contribution in [0.5, 0.6) is 11.5 Å². The van der Waals surface area contributed by atoms with Crippen LogP contribution in [0.1, 0.15) is 18.5 Å². The molecule has 7 heteroatoms. The summed E-state index contributed by atoms with van der Waals surface area (Å²) in [6, 6.07) is 9.28. The van der Waals surface area contributed by atoms with E-state index in [2.05, 4.69) is 5.10 Å². The molecule has 1 aromatic carbocycles. The molecule has 2 aromatic rings. The first-order valence-corrected chi connectivity index (χ1v) is 9.39. The quantitative estimate of drug-likeness (QED) is 0.746. The molecular formula is C20H25N3O4. The van der Waals surface area contributed by atoms with Crippen molar-refractivity contribution in [2.75, 3.05) is 26.9 Å². The molecule has 0 saturated heterocycles. The lowest BCUT2D eigenvalue weighted by molar-refractivity contribution is -0.136. The van der Waals surface area contributed by atoms with Gasteiger partial charge in [-0.1, -0.05) is 12.1 Å². The largest absolute Gasteiger partial charge is 0.493 e. The van der Waals surface area contributed by atoms with Gasteiger partial charge in [-0.15, -0.1) is 0 Å². The third kappa shape index (κ3) is 4.42. The standard InChI is InChI=1S/C20H25N3O4/c1-25-18-4-2-3-5-19(18)27-14-20(24)22-10-16-8-9-21-23(16)12-17(11-22)26-13-15-6-7-15/h2-5,8-9,15,17H,6-7,10-14H2,1H3. The normalized spacial score (nSPS) is 19.3. The molecule has 2 aliphatic rings. The highest BCUT2D eigenvalue weighted by molar-refractivity contribution is 5.78. The first kappa shape index (κ1) is 17.9. The Hall–Kier alpha value is -2.54. The van der Waals surface area contributed by atoms with Crippen LogP contribution in [0.15, 0.2) is 36.5 Å². The van der Waals surface area contributed by atoms with E-state index in [9.17, 15) is 4.79 Å². The van der Waals surface area contributed by atoms with Crippen molar-refractivity contribution in [3.8, 4) is 11.5 Å². The molecule has 1 aliphatic carbocycles. The lowest BCUT2D eigenvalue weighted by Gasteiger charge is -2.24. The molecule has 1 aliphatic heterocycles. The minimum atomic E-state index is -0.0735. The third-order valence-electron chi connectivity index (χ3n) is 5.00. The fourth-order valence-corrected chi connectivity index (χ4v) is 3.24. The van der Waals surface area contributed by atoms with Crippen molar-refractivity contribution >= 4 is 5.91 Å². The van der Waals surface area contributed by atoms with Gasteiger partial charge in [-0.25, -0.2) is 0 Å². The highest BCUT2D eigenvalue weighted by atomic mass is 16.5. The van der Waals surface area contributed by atoms with E-state index in [1.165, 1.54) is 12.8 Å². The van der Waals surface area contributed by atoms with E-state index < -0.39 is 0 Å². The van der Waals surface area contributed by atoms with Gasteiger partial charge in [-0.3, -0.25) is 9.48 Å². The zero-order valence-corrected chi connectivity index (χ0v) is 15.5. The number of methoxy groups -OCH3 is 1. The van der Waals surface area contributed by atoms with E-state index >= 15 is 0 Å². The molecule has 0 N–H and O–H groups in total. The number of carbonyl (C=O) groups excluding carboxylic acids is 1. The Morgan fingerprint density at radius 3 is 2.78 bits per heavy atom. The summed E-state index contributed by atoms with van der Waals surface area (Å²) in [5.41, 5.74) is 1.01. The van der Waals surface area contributed by atoms with Crippen LogP contribution in [0, 0.1) is 5.92 Å². The Kier molecular flexibility index (Phi) is 5.29. The molecule has 1 unspecified atom stereocenters. The summed E-state index contributed by atoms with van der Waals surface area (Å²) in [7, 11) is 1.59. The monoisotopic (exact) mass is 371 g/mol. The number of aromatic nitrogens is 2. The van der Waals surface area contributed by atoms with Gasteiger partial charge in [0.1, 0.15) is 0 Å². The molecule has 0 spiro atoms. The summed E-state index contributed by atoms with van der Waals surface area (Å²) >= 11 is 0. The number of nitrogens with zero attached hydrogens (tertiary/aromatic N) is 3. The van der Waals surface area contributed by atoms with Crippen molar-refractivity contribution < 1.29 is 19.0 Å². The molecule has 1 fully saturated rings. The van der Waals surface area contributed by atoms with E-state index in [1.807, 2.05) is 28.9 Å². The Labute approximate surface area is 158 Å². The van der Waals surface area contributed by atoms with Crippen molar-refractivity contribution in [1.29, 1.82) is 0 Å². The molecule has 144 valence electrons. The Balaban J connectivity index is 1.41. The fourth-order valence-electron chi connectivity index (χ4n) is 3.24. The van der Waals surface area contributed by atoms with E-state index in [-0.39, 0.29) is 18.6 Å². The first-order chi connectivity index (χ1) is 13.2. The lowest BCUT2D eigenvalue weighted by Crippen LogP contribution is -2.40. The lowest BCUT2D eigenvalue weighted by atomic mass is 10.3. The van der Waals surface area contributed by atoms with E-state index in [0.717, 1.165) is 12.3 Å². The van der Waals surface area contributed by atoms with Crippen LogP contribution in [0.3, 0.4) is 0 Å². The zero-order chi connectivity index (χ0) is 18.6. The minimum Gasteiger partial charge on any atom is -0.493 e. The van der Waals surface area contributed by atoms with Crippen LogP contribution in [-0.4, -0.2) is 53.6 Å². The smallest absolute Gasteiger partial charge is 0.260 e. The summed E-state index contributed by atoms with van der Waals surface area (Å²) in [6.07, 6.45) is 4.21. The van der Waals surface area contributed by atoms with Crippen molar-refractivity contribution in [2.24, 2.45) is 5.92 Å². The van der Waals surface area contributed by atoms with Crippen LogP contribution < -0.4 is 9.47 Å². The second-order valence-electron chi connectivity index (χ2n) is 7.12. The van der Waals surface area contributed by atoms with Gasteiger partial charge >= 0.3 is 0 Å². The summed E-state index contributed by atoms with van der Waals surface area (Å²) in [5.74, 6) is 1.79. The highest BCUT2D eigenvalue weighted by Gasteiger charge is 2.29. The van der Waals surface area contributed by atoms with Crippen LogP contribution in [0.25, 0.3) is 0 Å². The average molecular weight is 371 g/mol. The van der Waals surface area contributed by atoms with Crippen LogP contribution in [0.2, 0.25) is 0 Å². The minimum absolute atomic E-state index is 0.0378. The predicted molar refractivity (Wildman–Crippen MR) is 98.6 cm³/mol. The number of ether oxygens (including phenoxy) is 3. The average Bonchev–Trinajstić information content (AvgIpc) is 3.46. The second-order valence-corrected chi connectivity index (χ2v) is 7.12. The number of amides is 1. The SMILES string of the molecule is COc1ccccc1OCC(=O)N1Cc2ccnn2CC(OCC2CC2)C1. The maximum Gasteiger partial charge on any atom is 0.260 e. The van der Waals surface area contributed by atoms with Gasteiger partial charge in [-0.05, 0) is 37.0 Å². The molecule has 1 aromatic heterocycles. The summed E-state index contributed by atoms with van der Waals surface area (Å²) in [4.78, 5) is 14.6. The Morgan fingerprint density at radius 2 is 2.00 bits per heavy atom. The van der Waals surface area contributed by atoms with Crippen LogP contribution >= 0.6 is 0 Å². The topological polar surface area (TPSA) is 65.8 Å². The number of benzene rings is 1. The van der Waals surface area contributed by atoms with Crippen LogP contribution in [-0.2, 0) is 22.6 Å². The molecule has 2 heterocycles. The van der Waals surface area contributed by atoms with E-state index in [4.69, 9.17) is 14.2 Å². The Bertz CT molecular complexity index is 787. The number of rotatable bonds is 7. The van der Waals surface area contributed by atoms with Crippen molar-refractivity contribution in [1.82, 2.24) is 14.7 Å². The van der Waals surface area contributed by atoms with Gasteiger partial charge in [0.2, 0.25) is 0 Å². The molecule has 0 radical (unpaired) electrons. The number of hydrogen-bond donors (Lipinski definition) is 0.